The summed E-state index contributed by atoms with van der Waals surface area (Å²) in [6.45, 7) is 3.84. The number of amides is 1. The van der Waals surface area contributed by atoms with E-state index in [1.807, 2.05) is 29.3 Å². The molecule has 0 spiro atoms. The number of carbonyl (C=O) groups excluding carboxylic acids is 1. The molecule has 2 aliphatic heterocycles. The van der Waals surface area contributed by atoms with Crippen molar-refractivity contribution in [1.82, 2.24) is 34.0 Å². The van der Waals surface area contributed by atoms with Crippen LogP contribution in [0.15, 0.2) is 49.1 Å². The van der Waals surface area contributed by atoms with E-state index in [-0.39, 0.29) is 23.9 Å². The van der Waals surface area contributed by atoms with Crippen molar-refractivity contribution >= 4 is 33.7 Å². The molecule has 48 heavy (non-hydrogen) atoms. The van der Waals surface area contributed by atoms with Gasteiger partial charge in [-0.05, 0) is 80.2 Å². The predicted octanol–water partition coefficient (Wildman–Crippen LogP) is 4.22. The van der Waals surface area contributed by atoms with Crippen LogP contribution in [0.4, 0.5) is 5.69 Å². The number of piperidine rings is 1. The maximum absolute atomic E-state index is 14.0. The Balaban J connectivity index is 1.16. The van der Waals surface area contributed by atoms with Crippen LogP contribution in [0.25, 0.3) is 33.6 Å². The summed E-state index contributed by atoms with van der Waals surface area (Å²) in [7, 11) is 1.66. The van der Waals surface area contributed by atoms with Crippen LogP contribution in [-0.4, -0.2) is 78.7 Å². The number of nitriles is 1. The van der Waals surface area contributed by atoms with Crippen molar-refractivity contribution in [2.45, 2.75) is 57.3 Å². The van der Waals surface area contributed by atoms with Crippen molar-refractivity contribution in [3.05, 3.63) is 60.3 Å². The third kappa shape index (κ3) is 4.71. The zero-order chi connectivity index (χ0) is 32.5. The average Bonchev–Trinajstić information content (AvgIpc) is 3.42. The number of pyridine rings is 1. The lowest BCUT2D eigenvalue weighted by Gasteiger charge is -2.27. The minimum absolute atomic E-state index is 0.00851. The first-order valence-electron chi connectivity index (χ1n) is 17.0. The van der Waals surface area contributed by atoms with Gasteiger partial charge in [-0.1, -0.05) is 0 Å². The van der Waals surface area contributed by atoms with Gasteiger partial charge in [-0.2, -0.15) is 5.26 Å². The Morgan fingerprint density at radius 2 is 1.94 bits per heavy atom. The number of aromatic nitrogens is 6. The molecule has 5 aromatic rings. The fraction of sp³-hybridized carbons (Fsp3) is 0.444. The second-order valence-electron chi connectivity index (χ2n) is 14.0. The van der Waals surface area contributed by atoms with Crippen LogP contribution in [0.1, 0.15) is 48.2 Å². The number of anilines is 1. The maximum Gasteiger partial charge on any atom is 0.254 e. The van der Waals surface area contributed by atoms with Crippen molar-refractivity contribution in [1.29, 1.82) is 5.26 Å². The summed E-state index contributed by atoms with van der Waals surface area (Å²) in [5.74, 6) is 2.73. The molecule has 2 saturated heterocycles. The van der Waals surface area contributed by atoms with Gasteiger partial charge >= 0.3 is 0 Å². The van der Waals surface area contributed by atoms with Gasteiger partial charge in [-0.3, -0.25) is 4.79 Å². The molecule has 1 aromatic carbocycles. The predicted molar refractivity (Wildman–Crippen MR) is 180 cm³/mol. The van der Waals surface area contributed by atoms with E-state index in [1.54, 1.807) is 13.3 Å². The second-order valence-corrected chi connectivity index (χ2v) is 14.0. The highest BCUT2D eigenvalue weighted by Gasteiger charge is 2.47. The van der Waals surface area contributed by atoms with Crippen LogP contribution in [0, 0.1) is 29.1 Å². The summed E-state index contributed by atoms with van der Waals surface area (Å²) in [6, 6.07) is 12.5. The number of nitrogens with zero attached hydrogens (tertiary/aromatic N) is 9. The molecule has 1 amide bonds. The van der Waals surface area contributed by atoms with E-state index in [0.29, 0.717) is 41.9 Å². The van der Waals surface area contributed by atoms with E-state index in [1.165, 1.54) is 19.2 Å². The highest BCUT2D eigenvalue weighted by molar-refractivity contribution is 6.00. The van der Waals surface area contributed by atoms with E-state index in [4.69, 9.17) is 20.4 Å². The maximum atomic E-state index is 14.0. The van der Waals surface area contributed by atoms with Crippen LogP contribution in [0.2, 0.25) is 0 Å². The van der Waals surface area contributed by atoms with Gasteiger partial charge < -0.3 is 29.4 Å². The second kappa shape index (κ2) is 11.3. The molecule has 6 heterocycles. The summed E-state index contributed by atoms with van der Waals surface area (Å²) < 4.78 is 10.7. The minimum Gasteiger partial charge on any atom is -0.494 e. The SMILES string of the molecule is COc1cc(C(=O)N2CC3CCC2[C@@H]3N)cc2nc(-c3cc4cccnc4n3CC3CC3)n(C[C@@H]3CCN(c4cncnc4C#N)C3)c12. The Morgan fingerprint density at radius 1 is 1.06 bits per heavy atom. The lowest BCUT2D eigenvalue weighted by atomic mass is 10.1. The quantitative estimate of drug-likeness (QED) is 0.263. The monoisotopic (exact) mass is 642 g/mol. The zero-order valence-electron chi connectivity index (χ0n) is 27.0. The number of fused-ring (bicyclic) bond motifs is 4. The minimum atomic E-state index is -0.00851. The highest BCUT2D eigenvalue weighted by atomic mass is 16.5. The number of ether oxygens (including phenoxy) is 1. The van der Waals surface area contributed by atoms with Gasteiger partial charge in [-0.25, -0.2) is 19.9 Å². The van der Waals surface area contributed by atoms with Gasteiger partial charge in [0.1, 0.15) is 29.3 Å². The summed E-state index contributed by atoms with van der Waals surface area (Å²) >= 11 is 0. The van der Waals surface area contributed by atoms with E-state index in [0.717, 1.165) is 78.2 Å². The lowest BCUT2D eigenvalue weighted by molar-refractivity contribution is 0.0700. The largest absolute Gasteiger partial charge is 0.494 e. The van der Waals surface area contributed by atoms with E-state index in [2.05, 4.69) is 42.2 Å². The number of nitrogens with two attached hydrogens (primary N) is 1. The van der Waals surface area contributed by atoms with Crippen LogP contribution in [0.5, 0.6) is 5.75 Å². The number of imidazole rings is 1. The Bertz CT molecular complexity index is 2110. The molecule has 0 radical (unpaired) electrons. The van der Waals surface area contributed by atoms with E-state index in [9.17, 15) is 10.1 Å². The van der Waals surface area contributed by atoms with Crippen LogP contribution >= 0.6 is 0 Å². The molecule has 2 aliphatic carbocycles. The summed E-state index contributed by atoms with van der Waals surface area (Å²) in [4.78, 5) is 36.7. The Labute approximate surface area is 278 Å². The molecular formula is C36H38N10O2. The molecule has 12 nitrogen and oxygen atoms in total. The number of hydrogen-bond donors (Lipinski definition) is 1. The molecule has 2 saturated carbocycles. The van der Waals surface area contributed by atoms with E-state index >= 15 is 0 Å². The van der Waals surface area contributed by atoms with Gasteiger partial charge in [0.2, 0.25) is 0 Å². The summed E-state index contributed by atoms with van der Waals surface area (Å²) in [6.07, 6.45) is 10.4. The Kier molecular flexibility index (Phi) is 6.86. The molecule has 4 aromatic heterocycles. The Morgan fingerprint density at radius 3 is 2.71 bits per heavy atom. The van der Waals surface area contributed by atoms with Gasteiger partial charge in [0.25, 0.3) is 5.91 Å². The topological polar surface area (TPSA) is 144 Å². The molecular weight excluding hydrogens is 604 g/mol. The molecule has 12 heteroatoms. The standard InChI is InChI=1S/C36H38N10O2/c1-48-31-13-25(36(47)45-19-24-6-7-28(45)32(24)38)11-26-33(31)46(18-22-8-10-43(16-22)30-15-39-20-41-27(30)14-37)35(42-26)29-12-23-3-2-9-40-34(23)44(29)17-21-4-5-21/h2-3,9,11-13,15,20-22,24,28,32H,4-8,10,16-19,38H2,1H3/t22-,24?,28?,32-/m1/s1. The van der Waals surface area contributed by atoms with Crippen molar-refractivity contribution in [2.75, 3.05) is 31.6 Å². The lowest BCUT2D eigenvalue weighted by Crippen LogP contribution is -2.41. The molecule has 4 atom stereocenters. The molecule has 2 bridgehead atoms. The average molecular weight is 643 g/mol. The molecule has 244 valence electrons. The first kappa shape index (κ1) is 29.1. The third-order valence-corrected chi connectivity index (χ3v) is 11.1. The van der Waals surface area contributed by atoms with Crippen LogP contribution in [0.3, 0.4) is 0 Å². The van der Waals surface area contributed by atoms with Gasteiger partial charge in [0.05, 0.1) is 30.2 Å². The molecule has 4 fully saturated rings. The number of benzene rings is 1. The third-order valence-electron chi connectivity index (χ3n) is 11.1. The number of rotatable bonds is 8. The number of carbonyl (C=O) groups is 1. The highest BCUT2D eigenvalue weighted by Crippen LogP contribution is 2.41. The molecule has 4 aliphatic rings. The number of methoxy groups -OCH3 is 1. The normalized spacial score (nSPS) is 23.4. The first-order chi connectivity index (χ1) is 23.5. The van der Waals surface area contributed by atoms with Gasteiger partial charge in [0, 0.05) is 62.0 Å². The van der Waals surface area contributed by atoms with Crippen LogP contribution in [-0.2, 0) is 13.1 Å². The van der Waals surface area contributed by atoms with Crippen molar-refractivity contribution in [3.63, 3.8) is 0 Å². The van der Waals surface area contributed by atoms with Crippen molar-refractivity contribution < 1.29 is 9.53 Å². The fourth-order valence-corrected chi connectivity index (χ4v) is 8.44. The first-order valence-corrected chi connectivity index (χ1v) is 17.0. The number of likely N-dealkylation sites (tertiary alicyclic amines) is 1. The van der Waals surface area contributed by atoms with Crippen molar-refractivity contribution in [2.24, 2.45) is 23.5 Å². The van der Waals surface area contributed by atoms with Crippen LogP contribution < -0.4 is 15.4 Å². The molecule has 2 unspecified atom stereocenters. The van der Waals surface area contributed by atoms with Gasteiger partial charge in [0.15, 0.2) is 11.5 Å². The molecule has 9 rings (SSSR count). The Hall–Kier alpha value is -5.02. The fourth-order valence-electron chi connectivity index (χ4n) is 8.44. The summed E-state index contributed by atoms with van der Waals surface area (Å²) in [5, 5.41) is 10.8. The molecule has 2 N–H and O–H groups in total. The zero-order valence-corrected chi connectivity index (χ0v) is 27.0. The van der Waals surface area contributed by atoms with Gasteiger partial charge in [-0.15, -0.1) is 0 Å². The van der Waals surface area contributed by atoms with E-state index < -0.39 is 0 Å². The smallest absolute Gasteiger partial charge is 0.254 e. The van der Waals surface area contributed by atoms with Crippen molar-refractivity contribution in [3.8, 4) is 23.3 Å². The summed E-state index contributed by atoms with van der Waals surface area (Å²) in [5.41, 5.74) is 11.8. The number of hydrogen-bond acceptors (Lipinski definition) is 9.